The fraction of sp³-hybridized carbons (Fsp3) is 0.263. The van der Waals surface area contributed by atoms with Crippen molar-refractivity contribution in [1.29, 1.82) is 0 Å². The molecule has 0 spiro atoms. The molecule has 1 aliphatic rings. The molecule has 0 bridgehead atoms. The molecule has 7 nitrogen and oxygen atoms in total. The van der Waals surface area contributed by atoms with Gasteiger partial charge in [-0.05, 0) is 25.0 Å². The van der Waals surface area contributed by atoms with Crippen LogP contribution in [0.4, 0.5) is 14.5 Å². The molecule has 0 aliphatic heterocycles. The van der Waals surface area contributed by atoms with Gasteiger partial charge < -0.3 is 15.2 Å². The number of nitrogens with zero attached hydrogens (tertiary/aromatic N) is 3. The number of hydrogen-bond donors (Lipinski definition) is 2. The molecule has 10 heteroatoms. The molecular formula is C19H16F2N4O3S. The van der Waals surface area contributed by atoms with Gasteiger partial charge in [-0.2, -0.15) is 4.98 Å². The lowest BCUT2D eigenvalue weighted by Gasteiger charge is -2.15. The maximum atomic E-state index is 13.9. The number of thiazole rings is 1. The molecule has 2 aromatic heterocycles. The highest BCUT2D eigenvalue weighted by Crippen LogP contribution is 2.30. The maximum absolute atomic E-state index is 13.9. The summed E-state index contributed by atoms with van der Waals surface area (Å²) < 4.78 is 33.7. The minimum absolute atomic E-state index is 0.00116. The van der Waals surface area contributed by atoms with Crippen LogP contribution in [0.5, 0.6) is 5.88 Å². The number of rotatable bonds is 5. The van der Waals surface area contributed by atoms with Crippen LogP contribution < -0.4 is 10.1 Å². The van der Waals surface area contributed by atoms with Crippen molar-refractivity contribution in [2.75, 3.05) is 5.32 Å². The molecule has 2 unspecified atom stereocenters. The number of halogens is 2. The average molecular weight is 418 g/mol. The lowest BCUT2D eigenvalue weighted by Crippen LogP contribution is -2.18. The summed E-state index contributed by atoms with van der Waals surface area (Å²) in [5.74, 6) is -1.91. The highest BCUT2D eigenvalue weighted by atomic mass is 32.1. The third kappa shape index (κ3) is 4.22. The van der Waals surface area contributed by atoms with Gasteiger partial charge in [-0.1, -0.05) is 6.07 Å². The van der Waals surface area contributed by atoms with E-state index in [4.69, 9.17) is 4.74 Å². The second kappa shape index (κ2) is 8.18. The van der Waals surface area contributed by atoms with E-state index in [9.17, 15) is 18.7 Å². The first kappa shape index (κ1) is 19.3. The van der Waals surface area contributed by atoms with Crippen LogP contribution in [0.15, 0.2) is 36.1 Å². The van der Waals surface area contributed by atoms with Crippen molar-refractivity contribution in [3.05, 3.63) is 53.4 Å². The summed E-state index contributed by atoms with van der Waals surface area (Å²) >= 11 is 0.958. The van der Waals surface area contributed by atoms with E-state index in [2.05, 4.69) is 20.3 Å². The van der Waals surface area contributed by atoms with Crippen LogP contribution in [0.1, 0.15) is 29.8 Å². The summed E-state index contributed by atoms with van der Waals surface area (Å²) in [5, 5.41) is 13.7. The third-order valence-electron chi connectivity index (χ3n) is 4.47. The Morgan fingerprint density at radius 2 is 2.07 bits per heavy atom. The molecule has 1 aliphatic carbocycles. The standard InChI is InChI=1S/C19H16F2N4O3S/c20-12-2-1-3-13(21)16(12)19-25-15(8-29-19)17(27)24-14-7-22-9-23-18(14)28-11-5-4-10(26)6-11/h1-3,7-11,26H,4-6H2,(H,24,27). The number of nitrogens with one attached hydrogen (secondary N) is 1. The van der Waals surface area contributed by atoms with Gasteiger partial charge in [-0.3, -0.25) is 4.79 Å². The van der Waals surface area contributed by atoms with Crippen LogP contribution in [-0.2, 0) is 0 Å². The van der Waals surface area contributed by atoms with Gasteiger partial charge in [-0.25, -0.2) is 18.7 Å². The molecule has 0 saturated heterocycles. The van der Waals surface area contributed by atoms with Crippen LogP contribution in [0.2, 0.25) is 0 Å². The quantitative estimate of drug-likeness (QED) is 0.659. The normalized spacial score (nSPS) is 18.6. The van der Waals surface area contributed by atoms with Gasteiger partial charge in [0.2, 0.25) is 5.88 Å². The van der Waals surface area contributed by atoms with Crippen LogP contribution >= 0.6 is 11.3 Å². The molecule has 2 atom stereocenters. The Kier molecular flexibility index (Phi) is 5.45. The number of aliphatic hydroxyl groups is 1. The molecule has 1 aromatic carbocycles. The Labute approximate surface area is 168 Å². The topological polar surface area (TPSA) is 97.2 Å². The van der Waals surface area contributed by atoms with Gasteiger partial charge in [0.15, 0.2) is 0 Å². The summed E-state index contributed by atoms with van der Waals surface area (Å²) in [6.07, 6.45) is 3.88. The first-order chi connectivity index (χ1) is 14.0. The number of amides is 1. The first-order valence-corrected chi connectivity index (χ1v) is 9.75. The number of anilines is 1. The number of aliphatic hydroxyl groups excluding tert-OH is 1. The van der Waals surface area contributed by atoms with E-state index in [1.54, 1.807) is 0 Å². The molecule has 150 valence electrons. The van der Waals surface area contributed by atoms with Crippen molar-refractivity contribution in [3.8, 4) is 16.5 Å². The number of aromatic nitrogens is 3. The van der Waals surface area contributed by atoms with Crippen LogP contribution in [0.3, 0.4) is 0 Å². The lowest BCUT2D eigenvalue weighted by atomic mass is 10.2. The van der Waals surface area contributed by atoms with Crippen LogP contribution in [-0.4, -0.2) is 38.2 Å². The molecular weight excluding hydrogens is 402 g/mol. The molecule has 2 heterocycles. The molecule has 1 fully saturated rings. The summed E-state index contributed by atoms with van der Waals surface area (Å²) in [4.78, 5) is 24.5. The van der Waals surface area contributed by atoms with Gasteiger partial charge in [0.1, 0.15) is 40.5 Å². The summed E-state index contributed by atoms with van der Waals surface area (Å²) in [7, 11) is 0. The number of benzene rings is 1. The zero-order valence-electron chi connectivity index (χ0n) is 15.0. The molecule has 1 saturated carbocycles. The van der Waals surface area contributed by atoms with E-state index in [0.29, 0.717) is 19.3 Å². The number of ether oxygens (including phenoxy) is 1. The molecule has 1 amide bonds. The van der Waals surface area contributed by atoms with Gasteiger partial charge in [-0.15, -0.1) is 11.3 Å². The summed E-state index contributed by atoms with van der Waals surface area (Å²) in [6.45, 7) is 0. The lowest BCUT2D eigenvalue weighted by molar-refractivity contribution is 0.102. The number of hydrogen-bond acceptors (Lipinski definition) is 7. The fourth-order valence-electron chi connectivity index (χ4n) is 3.06. The van der Waals surface area contributed by atoms with E-state index in [-0.39, 0.29) is 33.9 Å². The third-order valence-corrected chi connectivity index (χ3v) is 5.33. The molecule has 4 rings (SSSR count). The van der Waals surface area contributed by atoms with Gasteiger partial charge in [0, 0.05) is 11.8 Å². The SMILES string of the molecule is O=C(Nc1cncnc1OC1CCC(O)C1)c1csc(-c2c(F)cccc2F)n1. The summed E-state index contributed by atoms with van der Waals surface area (Å²) in [5.41, 5.74) is -0.0346. The molecule has 3 aromatic rings. The maximum Gasteiger partial charge on any atom is 0.275 e. The Morgan fingerprint density at radius 1 is 1.28 bits per heavy atom. The van der Waals surface area contributed by atoms with E-state index in [1.165, 1.54) is 24.0 Å². The highest BCUT2D eigenvalue weighted by Gasteiger charge is 2.26. The van der Waals surface area contributed by atoms with Gasteiger partial charge in [0.25, 0.3) is 5.91 Å². The van der Waals surface area contributed by atoms with Crippen molar-refractivity contribution in [1.82, 2.24) is 15.0 Å². The molecule has 29 heavy (non-hydrogen) atoms. The Hall–Kier alpha value is -2.98. The minimum atomic E-state index is -0.753. The van der Waals surface area contributed by atoms with Crippen LogP contribution in [0.25, 0.3) is 10.6 Å². The van der Waals surface area contributed by atoms with Gasteiger partial charge >= 0.3 is 0 Å². The zero-order valence-corrected chi connectivity index (χ0v) is 15.8. The monoisotopic (exact) mass is 418 g/mol. The molecule has 0 radical (unpaired) electrons. The number of carbonyl (C=O) groups is 1. The van der Waals surface area contributed by atoms with Gasteiger partial charge in [0.05, 0.1) is 17.9 Å². The smallest absolute Gasteiger partial charge is 0.275 e. The Bertz CT molecular complexity index is 1030. The fourth-order valence-corrected chi connectivity index (χ4v) is 3.91. The largest absolute Gasteiger partial charge is 0.473 e. The predicted octanol–water partition coefficient (Wildman–Crippen LogP) is 3.42. The van der Waals surface area contributed by atoms with Crippen molar-refractivity contribution in [2.45, 2.75) is 31.5 Å². The minimum Gasteiger partial charge on any atom is -0.473 e. The predicted molar refractivity (Wildman–Crippen MR) is 102 cm³/mol. The van der Waals surface area contributed by atoms with Crippen molar-refractivity contribution in [3.63, 3.8) is 0 Å². The van der Waals surface area contributed by atoms with E-state index >= 15 is 0 Å². The van der Waals surface area contributed by atoms with Crippen molar-refractivity contribution < 1.29 is 23.4 Å². The average Bonchev–Trinajstić information content (AvgIpc) is 3.33. The van der Waals surface area contributed by atoms with E-state index < -0.39 is 23.6 Å². The van der Waals surface area contributed by atoms with Crippen molar-refractivity contribution >= 4 is 22.9 Å². The zero-order chi connectivity index (χ0) is 20.4. The van der Waals surface area contributed by atoms with E-state index in [0.717, 1.165) is 23.5 Å². The number of carbonyl (C=O) groups excluding carboxylic acids is 1. The second-order valence-corrected chi connectivity index (χ2v) is 7.40. The molecule has 2 N–H and O–H groups in total. The second-order valence-electron chi connectivity index (χ2n) is 6.54. The van der Waals surface area contributed by atoms with Crippen LogP contribution in [0, 0.1) is 11.6 Å². The Balaban J connectivity index is 1.51. The highest BCUT2D eigenvalue weighted by molar-refractivity contribution is 7.13. The van der Waals surface area contributed by atoms with E-state index in [1.807, 2.05) is 0 Å². The first-order valence-electron chi connectivity index (χ1n) is 8.87. The van der Waals surface area contributed by atoms with Crippen molar-refractivity contribution in [2.24, 2.45) is 0 Å². The Morgan fingerprint density at radius 3 is 2.79 bits per heavy atom. The summed E-state index contributed by atoms with van der Waals surface area (Å²) in [6, 6.07) is 3.52.